The van der Waals surface area contributed by atoms with Crippen molar-refractivity contribution in [1.29, 1.82) is 5.26 Å². The molecule has 7 heteroatoms. The number of hydrogen-bond acceptors (Lipinski definition) is 4. The number of urea groups is 1. The summed E-state index contributed by atoms with van der Waals surface area (Å²) in [6.07, 6.45) is 5.02. The van der Waals surface area contributed by atoms with Gasteiger partial charge in [0.2, 0.25) is 0 Å². The van der Waals surface area contributed by atoms with Crippen LogP contribution in [0.1, 0.15) is 32.6 Å². The monoisotopic (exact) mass is 305 g/mol. The van der Waals surface area contributed by atoms with Crippen LogP contribution in [0.4, 0.5) is 10.6 Å². The molecule has 0 radical (unpaired) electrons. The van der Waals surface area contributed by atoms with Gasteiger partial charge in [-0.25, -0.2) is 4.79 Å². The molecule has 22 heavy (non-hydrogen) atoms. The quantitative estimate of drug-likeness (QED) is 0.787. The van der Waals surface area contributed by atoms with Crippen LogP contribution >= 0.6 is 0 Å². The predicted octanol–water partition coefficient (Wildman–Crippen LogP) is 2.12. The van der Waals surface area contributed by atoms with Gasteiger partial charge in [0.15, 0.2) is 5.82 Å². The molecule has 2 rings (SSSR count). The van der Waals surface area contributed by atoms with Gasteiger partial charge in [0.05, 0.1) is 6.07 Å². The van der Waals surface area contributed by atoms with Gasteiger partial charge in [0, 0.05) is 44.5 Å². The summed E-state index contributed by atoms with van der Waals surface area (Å²) in [4.78, 5) is 12.0. The molecule has 1 aromatic rings. The Morgan fingerprint density at radius 2 is 2.36 bits per heavy atom. The van der Waals surface area contributed by atoms with E-state index in [1.54, 1.807) is 16.9 Å². The van der Waals surface area contributed by atoms with Crippen LogP contribution in [0.5, 0.6) is 0 Å². The zero-order valence-electron chi connectivity index (χ0n) is 12.9. The molecule has 1 aliphatic heterocycles. The fraction of sp³-hybridized carbons (Fsp3) is 0.667. The number of amides is 2. The summed E-state index contributed by atoms with van der Waals surface area (Å²) in [5, 5.41) is 18.5. The summed E-state index contributed by atoms with van der Waals surface area (Å²) >= 11 is 0. The molecule has 0 saturated carbocycles. The van der Waals surface area contributed by atoms with Gasteiger partial charge in [0.25, 0.3) is 0 Å². The summed E-state index contributed by atoms with van der Waals surface area (Å²) in [5.74, 6) is 0.983. The van der Waals surface area contributed by atoms with E-state index in [1.807, 2.05) is 6.92 Å². The lowest BCUT2D eigenvalue weighted by Gasteiger charge is -2.28. The van der Waals surface area contributed by atoms with Crippen LogP contribution in [0.2, 0.25) is 0 Å². The Labute approximate surface area is 130 Å². The van der Waals surface area contributed by atoms with Crippen LogP contribution in [0, 0.1) is 17.2 Å². The van der Waals surface area contributed by atoms with Crippen molar-refractivity contribution in [3.63, 3.8) is 0 Å². The number of rotatable bonds is 6. The number of nitrogens with one attached hydrogen (secondary N) is 2. The third-order valence-corrected chi connectivity index (χ3v) is 3.89. The van der Waals surface area contributed by atoms with Crippen molar-refractivity contribution in [3.05, 3.63) is 12.3 Å². The second-order valence-electron chi connectivity index (χ2n) is 5.56. The fourth-order valence-electron chi connectivity index (χ4n) is 2.57. The molecular weight excluding hydrogens is 282 g/mol. The average molecular weight is 305 g/mol. The van der Waals surface area contributed by atoms with E-state index in [0.29, 0.717) is 24.7 Å². The predicted molar refractivity (Wildman–Crippen MR) is 82.2 cm³/mol. The highest BCUT2D eigenvalue weighted by Gasteiger charge is 2.21. The number of carbonyl (C=O) groups excluding carboxylic acids is 1. The zero-order valence-corrected chi connectivity index (χ0v) is 12.9. The molecule has 2 amide bonds. The number of anilines is 1. The molecule has 1 aromatic heterocycles. The van der Waals surface area contributed by atoms with Crippen molar-refractivity contribution in [2.45, 2.75) is 45.2 Å². The molecule has 1 aliphatic rings. The van der Waals surface area contributed by atoms with E-state index in [0.717, 1.165) is 32.5 Å². The summed E-state index contributed by atoms with van der Waals surface area (Å²) in [6, 6.07) is 3.73. The Hall–Kier alpha value is -2.07. The molecule has 1 saturated heterocycles. The Morgan fingerprint density at radius 1 is 1.59 bits per heavy atom. The normalized spacial score (nSPS) is 16.7. The third kappa shape index (κ3) is 5.04. The maximum atomic E-state index is 12.0. The molecule has 0 bridgehead atoms. The highest BCUT2D eigenvalue weighted by Crippen LogP contribution is 2.18. The first-order valence-corrected chi connectivity index (χ1v) is 7.74. The van der Waals surface area contributed by atoms with Gasteiger partial charge in [-0.1, -0.05) is 0 Å². The minimum atomic E-state index is -0.235. The Bertz CT molecular complexity index is 516. The highest BCUT2D eigenvalue weighted by atomic mass is 16.5. The molecule has 0 unspecified atom stereocenters. The van der Waals surface area contributed by atoms with Gasteiger partial charge in [-0.15, -0.1) is 0 Å². The number of aromatic nitrogens is 2. The van der Waals surface area contributed by atoms with Crippen molar-refractivity contribution in [2.75, 3.05) is 18.5 Å². The van der Waals surface area contributed by atoms with Crippen molar-refractivity contribution < 1.29 is 9.53 Å². The smallest absolute Gasteiger partial charge is 0.320 e. The van der Waals surface area contributed by atoms with E-state index in [1.165, 1.54) is 0 Å². The van der Waals surface area contributed by atoms with Crippen LogP contribution in [0.25, 0.3) is 0 Å². The topological polar surface area (TPSA) is 92.0 Å². The first-order chi connectivity index (χ1) is 10.7. The van der Waals surface area contributed by atoms with Crippen molar-refractivity contribution in [1.82, 2.24) is 15.1 Å². The lowest BCUT2D eigenvalue weighted by Crippen LogP contribution is -2.42. The Balaban J connectivity index is 1.75. The van der Waals surface area contributed by atoms with Gasteiger partial charge in [-0.2, -0.15) is 10.4 Å². The van der Waals surface area contributed by atoms with Crippen LogP contribution < -0.4 is 10.6 Å². The van der Waals surface area contributed by atoms with Crippen molar-refractivity contribution in [2.24, 2.45) is 5.92 Å². The van der Waals surface area contributed by atoms with E-state index in [9.17, 15) is 4.79 Å². The van der Waals surface area contributed by atoms with E-state index in [-0.39, 0.29) is 12.1 Å². The molecule has 7 nitrogen and oxygen atoms in total. The van der Waals surface area contributed by atoms with Crippen LogP contribution in [-0.4, -0.2) is 35.1 Å². The molecular formula is C15H23N5O2. The molecule has 120 valence electrons. The number of ether oxygens (including phenoxy) is 1. The maximum Gasteiger partial charge on any atom is 0.320 e. The molecule has 0 aliphatic carbocycles. The number of nitriles is 1. The fourth-order valence-corrected chi connectivity index (χ4v) is 2.57. The maximum absolute atomic E-state index is 12.0. The van der Waals surface area contributed by atoms with Crippen molar-refractivity contribution >= 4 is 11.8 Å². The lowest BCUT2D eigenvalue weighted by molar-refractivity contribution is 0.0573. The number of nitrogens with zero attached hydrogens (tertiary/aromatic N) is 3. The summed E-state index contributed by atoms with van der Waals surface area (Å²) in [5.41, 5.74) is 0. The van der Waals surface area contributed by atoms with E-state index in [4.69, 9.17) is 10.00 Å². The molecule has 0 aromatic carbocycles. The van der Waals surface area contributed by atoms with Gasteiger partial charge >= 0.3 is 6.03 Å². The largest absolute Gasteiger partial charge is 0.381 e. The number of unbranched alkanes of at least 4 members (excludes halogenated alkanes) is 1. The van der Waals surface area contributed by atoms with E-state index >= 15 is 0 Å². The second kappa shape index (κ2) is 8.39. The molecule has 1 atom stereocenters. The SMILES string of the molecule is C[C@@H](NC(=O)Nc1ccn(CCCC#N)n1)C1CCOCC1. The minimum Gasteiger partial charge on any atom is -0.381 e. The molecule has 0 spiro atoms. The number of carbonyl (C=O) groups is 1. The van der Waals surface area contributed by atoms with Gasteiger partial charge < -0.3 is 10.1 Å². The minimum absolute atomic E-state index is 0.113. The number of aryl methyl sites for hydroxylation is 1. The Kier molecular flexibility index (Phi) is 6.22. The van der Waals surface area contributed by atoms with Crippen LogP contribution in [-0.2, 0) is 11.3 Å². The van der Waals surface area contributed by atoms with Gasteiger partial charge in [0.1, 0.15) is 0 Å². The molecule has 2 N–H and O–H groups in total. The summed E-state index contributed by atoms with van der Waals surface area (Å²) in [6.45, 7) is 4.24. The van der Waals surface area contributed by atoms with E-state index < -0.39 is 0 Å². The highest BCUT2D eigenvalue weighted by molar-refractivity contribution is 5.88. The average Bonchev–Trinajstić information content (AvgIpc) is 2.95. The summed E-state index contributed by atoms with van der Waals surface area (Å²) in [7, 11) is 0. The van der Waals surface area contributed by atoms with Crippen LogP contribution in [0.3, 0.4) is 0 Å². The zero-order chi connectivity index (χ0) is 15.8. The van der Waals surface area contributed by atoms with Crippen LogP contribution in [0.15, 0.2) is 12.3 Å². The first-order valence-electron chi connectivity index (χ1n) is 7.74. The Morgan fingerprint density at radius 3 is 3.09 bits per heavy atom. The summed E-state index contributed by atoms with van der Waals surface area (Å²) < 4.78 is 7.06. The first kappa shape index (κ1) is 16.3. The lowest BCUT2D eigenvalue weighted by atomic mass is 9.93. The van der Waals surface area contributed by atoms with Gasteiger partial charge in [-0.05, 0) is 32.1 Å². The number of hydrogen-bond donors (Lipinski definition) is 2. The molecule has 2 heterocycles. The van der Waals surface area contributed by atoms with Gasteiger partial charge in [-0.3, -0.25) is 10.00 Å². The van der Waals surface area contributed by atoms with Crippen molar-refractivity contribution in [3.8, 4) is 6.07 Å². The molecule has 1 fully saturated rings. The van der Waals surface area contributed by atoms with E-state index in [2.05, 4.69) is 21.8 Å². The second-order valence-corrected chi connectivity index (χ2v) is 5.56. The third-order valence-electron chi connectivity index (χ3n) is 3.89. The standard InChI is InChI=1S/C15H23N5O2/c1-12(13-5-10-22-11-6-13)17-15(21)18-14-4-9-20(19-14)8-3-2-7-16/h4,9,12-13H,2-3,5-6,8,10-11H2,1H3,(H2,17,18,19,21)/t12-/m1/s1.